The van der Waals surface area contributed by atoms with Crippen LogP contribution in [0.4, 0.5) is 0 Å². The molecule has 0 N–H and O–H groups in total. The van der Waals surface area contributed by atoms with Crippen molar-refractivity contribution in [3.8, 4) is 0 Å². The maximum Gasteiger partial charge on any atom is 0.244 e. The summed E-state index contributed by atoms with van der Waals surface area (Å²) >= 11 is 12.1. The Labute approximate surface area is 66.2 Å². The molecule has 0 fully saturated rings. The molecule has 1 aromatic heterocycles. The Kier molecular flexibility index (Phi) is 2.11. The quantitative estimate of drug-likeness (QED) is 0.648. The highest BCUT2D eigenvalue weighted by Crippen LogP contribution is 2.30. The van der Waals surface area contributed by atoms with Crippen LogP contribution in [0.1, 0.15) is 4.88 Å². The van der Waals surface area contributed by atoms with Crippen molar-refractivity contribution >= 4 is 40.8 Å². The molecule has 0 aliphatic rings. The highest BCUT2D eigenvalue weighted by atomic mass is 35.5. The van der Waals surface area contributed by atoms with Gasteiger partial charge in [0.2, 0.25) is 6.29 Å². The minimum absolute atomic E-state index is 0.417. The van der Waals surface area contributed by atoms with E-state index in [1.54, 1.807) is 6.29 Å². The highest BCUT2D eigenvalue weighted by Gasteiger charge is 2.02. The predicted molar refractivity (Wildman–Crippen MR) is 39.1 cm³/mol. The van der Waals surface area contributed by atoms with E-state index in [2.05, 4.69) is 0 Å². The number of hydrogen-bond donors (Lipinski definition) is 0. The molecule has 0 unspecified atom stereocenters. The van der Waals surface area contributed by atoms with Crippen LogP contribution in [0.5, 0.6) is 0 Å². The summed E-state index contributed by atoms with van der Waals surface area (Å²) in [6.45, 7) is 0. The summed E-state index contributed by atoms with van der Waals surface area (Å²) < 4.78 is 0.440. The van der Waals surface area contributed by atoms with Crippen molar-refractivity contribution in [1.29, 1.82) is 0 Å². The van der Waals surface area contributed by atoms with E-state index in [9.17, 15) is 4.79 Å². The number of thiophene rings is 1. The molecule has 1 heterocycles. The van der Waals surface area contributed by atoms with Crippen molar-refractivity contribution in [3.63, 3.8) is 0 Å². The van der Waals surface area contributed by atoms with E-state index in [4.69, 9.17) is 23.2 Å². The summed E-state index contributed by atoms with van der Waals surface area (Å²) in [5.41, 5.74) is 0. The molecular weight excluding hydrogens is 179 g/mol. The van der Waals surface area contributed by atoms with Crippen LogP contribution in [0.3, 0.4) is 0 Å². The summed E-state index contributed by atoms with van der Waals surface area (Å²) in [5.74, 6) is 0. The molecule has 0 bridgehead atoms. The van der Waals surface area contributed by atoms with Crippen molar-refractivity contribution in [2.24, 2.45) is 0 Å². The fraction of sp³-hybridized carbons (Fsp3) is 0. The lowest BCUT2D eigenvalue weighted by molar-refractivity contribution is 0.563. The van der Waals surface area contributed by atoms with E-state index in [-0.39, 0.29) is 0 Å². The van der Waals surface area contributed by atoms with Gasteiger partial charge in [-0.05, 0) is 6.07 Å². The summed E-state index contributed by atoms with van der Waals surface area (Å²) in [6.07, 6.45) is 1.69. The Bertz CT molecular complexity index is 211. The second kappa shape index (κ2) is 2.69. The average molecular weight is 180 g/mol. The van der Waals surface area contributed by atoms with Crippen LogP contribution < -0.4 is 0 Å². The standard InChI is InChI=1S/C5HCl2OS/c6-4-1-3(2-8)9-5(4)7/h1H. The van der Waals surface area contributed by atoms with Crippen molar-refractivity contribution in [3.05, 3.63) is 20.3 Å². The molecule has 4 heteroatoms. The second-order valence-electron chi connectivity index (χ2n) is 1.33. The number of hydrogen-bond acceptors (Lipinski definition) is 2. The largest absolute Gasteiger partial charge is 0.284 e. The van der Waals surface area contributed by atoms with Gasteiger partial charge in [0, 0.05) is 0 Å². The Hall–Kier alpha value is -0.0500. The number of halogens is 2. The van der Waals surface area contributed by atoms with E-state index in [0.29, 0.717) is 14.2 Å². The first-order valence-corrected chi connectivity index (χ1v) is 3.64. The van der Waals surface area contributed by atoms with Crippen LogP contribution in [0, 0.1) is 0 Å². The topological polar surface area (TPSA) is 17.1 Å². The third-order valence-corrected chi connectivity index (χ3v) is 2.51. The van der Waals surface area contributed by atoms with Gasteiger partial charge >= 0.3 is 0 Å². The van der Waals surface area contributed by atoms with E-state index < -0.39 is 0 Å². The Morgan fingerprint density at radius 2 is 2.22 bits per heavy atom. The van der Waals surface area contributed by atoms with Gasteiger partial charge in [-0.25, -0.2) is 0 Å². The normalized spacial score (nSPS) is 9.56. The molecule has 47 valence electrons. The average Bonchev–Trinajstić information content (AvgIpc) is 2.13. The van der Waals surface area contributed by atoms with Crippen molar-refractivity contribution in [1.82, 2.24) is 0 Å². The van der Waals surface area contributed by atoms with Crippen LogP contribution in [0.2, 0.25) is 9.36 Å². The monoisotopic (exact) mass is 179 g/mol. The molecule has 0 atom stereocenters. The van der Waals surface area contributed by atoms with Gasteiger partial charge in [-0.1, -0.05) is 23.2 Å². The third-order valence-electron chi connectivity index (χ3n) is 0.746. The third kappa shape index (κ3) is 1.45. The van der Waals surface area contributed by atoms with Gasteiger partial charge < -0.3 is 0 Å². The summed E-state index contributed by atoms with van der Waals surface area (Å²) in [6, 6.07) is 1.49. The fourth-order valence-corrected chi connectivity index (χ4v) is 1.56. The van der Waals surface area contributed by atoms with Gasteiger partial charge in [0.05, 0.1) is 9.90 Å². The number of carbonyl (C=O) groups excluding carboxylic acids is 1. The number of rotatable bonds is 1. The van der Waals surface area contributed by atoms with Crippen LogP contribution in [0.25, 0.3) is 0 Å². The zero-order valence-corrected chi connectivity index (χ0v) is 6.48. The maximum absolute atomic E-state index is 9.94. The summed E-state index contributed by atoms with van der Waals surface area (Å²) in [7, 11) is 0. The zero-order chi connectivity index (χ0) is 6.85. The highest BCUT2D eigenvalue weighted by molar-refractivity contribution is 7.18. The van der Waals surface area contributed by atoms with Crippen LogP contribution >= 0.6 is 34.5 Å². The van der Waals surface area contributed by atoms with Gasteiger partial charge in [0.1, 0.15) is 4.34 Å². The molecule has 0 aromatic carbocycles. The molecule has 1 rings (SSSR count). The molecule has 0 aliphatic carbocycles. The second-order valence-corrected chi connectivity index (χ2v) is 3.40. The van der Waals surface area contributed by atoms with Gasteiger partial charge in [-0.15, -0.1) is 11.3 Å². The fourth-order valence-electron chi connectivity index (χ4n) is 0.397. The summed E-state index contributed by atoms with van der Waals surface area (Å²) in [5, 5.41) is 0.417. The van der Waals surface area contributed by atoms with E-state index in [1.165, 1.54) is 6.07 Å². The molecule has 0 amide bonds. The Morgan fingerprint density at radius 1 is 1.56 bits per heavy atom. The molecule has 1 nitrogen and oxygen atoms in total. The van der Waals surface area contributed by atoms with Crippen molar-refractivity contribution in [2.45, 2.75) is 0 Å². The first-order chi connectivity index (χ1) is 4.24. The molecule has 0 aliphatic heterocycles. The molecule has 0 saturated heterocycles. The molecule has 0 spiro atoms. The molecule has 0 saturated carbocycles. The molecule has 9 heavy (non-hydrogen) atoms. The van der Waals surface area contributed by atoms with Gasteiger partial charge in [0.25, 0.3) is 0 Å². The van der Waals surface area contributed by atoms with Gasteiger partial charge in [-0.2, -0.15) is 0 Å². The maximum atomic E-state index is 9.94. The minimum atomic E-state index is 0.417. The molecular formula is C5HCl2OS. The van der Waals surface area contributed by atoms with Gasteiger partial charge in [0.15, 0.2) is 0 Å². The minimum Gasteiger partial charge on any atom is -0.284 e. The Morgan fingerprint density at radius 3 is 2.44 bits per heavy atom. The summed E-state index contributed by atoms with van der Waals surface area (Å²) in [4.78, 5) is 10.4. The van der Waals surface area contributed by atoms with E-state index in [0.717, 1.165) is 11.3 Å². The lowest BCUT2D eigenvalue weighted by Crippen LogP contribution is -1.63. The Balaban J connectivity index is 3.11. The van der Waals surface area contributed by atoms with Crippen molar-refractivity contribution in [2.75, 3.05) is 0 Å². The van der Waals surface area contributed by atoms with E-state index in [1.807, 2.05) is 0 Å². The molecule has 1 radical (unpaired) electrons. The molecule has 1 aromatic rings. The SMILES string of the molecule is O=[C]c1cc(Cl)c(Cl)s1. The lowest BCUT2D eigenvalue weighted by atomic mass is 10.5. The van der Waals surface area contributed by atoms with Crippen LogP contribution in [-0.4, -0.2) is 6.29 Å². The first kappa shape index (κ1) is 7.06. The van der Waals surface area contributed by atoms with Crippen molar-refractivity contribution < 1.29 is 4.79 Å². The van der Waals surface area contributed by atoms with Crippen LogP contribution in [-0.2, 0) is 4.79 Å². The smallest absolute Gasteiger partial charge is 0.244 e. The predicted octanol–water partition coefficient (Wildman–Crippen LogP) is 2.51. The zero-order valence-electron chi connectivity index (χ0n) is 4.15. The lowest BCUT2D eigenvalue weighted by Gasteiger charge is -1.73. The van der Waals surface area contributed by atoms with Crippen LogP contribution in [0.15, 0.2) is 6.07 Å². The van der Waals surface area contributed by atoms with E-state index >= 15 is 0 Å². The first-order valence-electron chi connectivity index (χ1n) is 2.07. The van der Waals surface area contributed by atoms with Gasteiger partial charge in [-0.3, -0.25) is 4.79 Å².